The van der Waals surface area contributed by atoms with E-state index in [4.69, 9.17) is 5.84 Å². The van der Waals surface area contributed by atoms with Gasteiger partial charge in [-0.3, -0.25) is 16.1 Å². The molecule has 2 aromatic rings. The van der Waals surface area contributed by atoms with Crippen molar-refractivity contribution >= 4 is 5.78 Å². The van der Waals surface area contributed by atoms with E-state index in [0.29, 0.717) is 12.0 Å². The minimum absolute atomic E-state index is 0.0856. The number of Topliss-reactive ketones (excluding diaryl/α,β-unsaturated/α-hetero) is 1. The SMILES string of the molecule is NNC(CC(=O)c1ccccc1)c1ccccc1. The quantitative estimate of drug-likeness (QED) is 0.479. The predicted molar refractivity (Wildman–Crippen MR) is 71.9 cm³/mol. The second kappa shape index (κ2) is 6.10. The van der Waals surface area contributed by atoms with Crippen molar-refractivity contribution in [1.29, 1.82) is 0 Å². The predicted octanol–water partition coefficient (Wildman–Crippen LogP) is 2.46. The molecule has 18 heavy (non-hydrogen) atoms. The summed E-state index contributed by atoms with van der Waals surface area (Å²) in [5.74, 6) is 5.61. The van der Waals surface area contributed by atoms with E-state index in [1.54, 1.807) is 0 Å². The molecular weight excluding hydrogens is 224 g/mol. The van der Waals surface area contributed by atoms with Crippen molar-refractivity contribution in [2.24, 2.45) is 5.84 Å². The van der Waals surface area contributed by atoms with Crippen LogP contribution in [0.1, 0.15) is 28.4 Å². The van der Waals surface area contributed by atoms with Gasteiger partial charge in [-0.25, -0.2) is 0 Å². The number of carbonyl (C=O) groups is 1. The van der Waals surface area contributed by atoms with Crippen LogP contribution < -0.4 is 11.3 Å². The molecule has 0 aliphatic rings. The molecule has 0 saturated carbocycles. The smallest absolute Gasteiger partial charge is 0.164 e. The number of carbonyl (C=O) groups excluding carboxylic acids is 1. The molecule has 3 nitrogen and oxygen atoms in total. The second-order valence-corrected chi connectivity index (χ2v) is 4.12. The summed E-state index contributed by atoms with van der Waals surface area (Å²) in [7, 11) is 0. The summed E-state index contributed by atoms with van der Waals surface area (Å²) in [4.78, 5) is 12.1. The molecule has 0 aromatic heterocycles. The first-order valence-electron chi connectivity index (χ1n) is 5.90. The molecule has 0 spiro atoms. The summed E-state index contributed by atoms with van der Waals surface area (Å²) in [6.07, 6.45) is 0.352. The van der Waals surface area contributed by atoms with Crippen molar-refractivity contribution in [2.45, 2.75) is 12.5 Å². The summed E-state index contributed by atoms with van der Waals surface area (Å²) in [6.45, 7) is 0. The van der Waals surface area contributed by atoms with Crippen molar-refractivity contribution in [3.63, 3.8) is 0 Å². The van der Waals surface area contributed by atoms with Crippen molar-refractivity contribution in [3.05, 3.63) is 71.8 Å². The lowest BCUT2D eigenvalue weighted by molar-refractivity contribution is 0.0968. The van der Waals surface area contributed by atoms with E-state index in [1.165, 1.54) is 0 Å². The van der Waals surface area contributed by atoms with Crippen LogP contribution in [0.3, 0.4) is 0 Å². The van der Waals surface area contributed by atoms with E-state index >= 15 is 0 Å². The summed E-state index contributed by atoms with van der Waals surface area (Å²) >= 11 is 0. The van der Waals surface area contributed by atoms with Crippen LogP contribution in [-0.2, 0) is 0 Å². The van der Waals surface area contributed by atoms with E-state index in [1.807, 2.05) is 60.7 Å². The lowest BCUT2D eigenvalue weighted by atomic mass is 9.98. The van der Waals surface area contributed by atoms with Crippen molar-refractivity contribution in [2.75, 3.05) is 0 Å². The molecule has 3 heteroatoms. The number of hydrogen-bond acceptors (Lipinski definition) is 3. The van der Waals surface area contributed by atoms with Gasteiger partial charge in [0.05, 0.1) is 6.04 Å². The Kier molecular flexibility index (Phi) is 4.23. The van der Waals surface area contributed by atoms with Gasteiger partial charge in [0.25, 0.3) is 0 Å². The minimum Gasteiger partial charge on any atom is -0.294 e. The lowest BCUT2D eigenvalue weighted by Crippen LogP contribution is -2.29. The highest BCUT2D eigenvalue weighted by Crippen LogP contribution is 2.18. The van der Waals surface area contributed by atoms with E-state index < -0.39 is 0 Å². The van der Waals surface area contributed by atoms with Gasteiger partial charge in [-0.2, -0.15) is 0 Å². The van der Waals surface area contributed by atoms with Crippen LogP contribution >= 0.6 is 0 Å². The Hall–Kier alpha value is -1.97. The van der Waals surface area contributed by atoms with Crippen LogP contribution in [0, 0.1) is 0 Å². The van der Waals surface area contributed by atoms with Crippen molar-refractivity contribution < 1.29 is 4.79 Å². The third-order valence-corrected chi connectivity index (χ3v) is 2.89. The van der Waals surface area contributed by atoms with Gasteiger partial charge >= 0.3 is 0 Å². The van der Waals surface area contributed by atoms with Crippen LogP contribution in [-0.4, -0.2) is 5.78 Å². The fourth-order valence-corrected chi connectivity index (χ4v) is 1.89. The molecule has 0 aliphatic carbocycles. The zero-order valence-corrected chi connectivity index (χ0v) is 10.0. The molecule has 1 atom stereocenters. The van der Waals surface area contributed by atoms with Crippen LogP contribution in [0.15, 0.2) is 60.7 Å². The monoisotopic (exact) mass is 240 g/mol. The molecule has 0 radical (unpaired) electrons. The molecule has 1 unspecified atom stereocenters. The normalized spacial score (nSPS) is 12.1. The average molecular weight is 240 g/mol. The maximum Gasteiger partial charge on any atom is 0.164 e. The Balaban J connectivity index is 2.10. The number of benzene rings is 2. The molecule has 0 heterocycles. The highest BCUT2D eigenvalue weighted by Gasteiger charge is 2.15. The third kappa shape index (κ3) is 3.03. The van der Waals surface area contributed by atoms with E-state index in [2.05, 4.69) is 5.43 Å². The van der Waals surface area contributed by atoms with Gasteiger partial charge in [0.15, 0.2) is 5.78 Å². The number of hydrogen-bond donors (Lipinski definition) is 2. The highest BCUT2D eigenvalue weighted by atomic mass is 16.1. The topological polar surface area (TPSA) is 55.1 Å². The van der Waals surface area contributed by atoms with Gasteiger partial charge in [0.2, 0.25) is 0 Å². The number of ketones is 1. The Morgan fingerprint density at radius 1 is 1.00 bits per heavy atom. The zero-order valence-electron chi connectivity index (χ0n) is 10.0. The van der Waals surface area contributed by atoms with Gasteiger partial charge < -0.3 is 0 Å². The standard InChI is InChI=1S/C15H16N2O/c16-17-14(12-7-3-1-4-8-12)11-15(18)13-9-5-2-6-10-13/h1-10,14,17H,11,16H2. The van der Waals surface area contributed by atoms with Crippen LogP contribution in [0.5, 0.6) is 0 Å². The Morgan fingerprint density at radius 3 is 2.11 bits per heavy atom. The van der Waals surface area contributed by atoms with Gasteiger partial charge in [0, 0.05) is 12.0 Å². The molecular formula is C15H16N2O. The second-order valence-electron chi connectivity index (χ2n) is 4.12. The summed E-state index contributed by atoms with van der Waals surface area (Å²) in [6, 6.07) is 18.8. The first-order chi connectivity index (χ1) is 8.81. The van der Waals surface area contributed by atoms with Gasteiger partial charge in [0.1, 0.15) is 0 Å². The first kappa shape index (κ1) is 12.5. The maximum absolute atomic E-state index is 12.1. The van der Waals surface area contributed by atoms with Crippen LogP contribution in [0.4, 0.5) is 0 Å². The summed E-state index contributed by atoms with van der Waals surface area (Å²) in [5, 5.41) is 0. The fourth-order valence-electron chi connectivity index (χ4n) is 1.89. The fraction of sp³-hybridized carbons (Fsp3) is 0.133. The molecule has 0 fully saturated rings. The molecule has 0 saturated heterocycles. The molecule has 3 N–H and O–H groups in total. The molecule has 2 rings (SSSR count). The van der Waals surface area contributed by atoms with Crippen LogP contribution in [0.2, 0.25) is 0 Å². The third-order valence-electron chi connectivity index (χ3n) is 2.89. The van der Waals surface area contributed by atoms with Crippen LogP contribution in [0.25, 0.3) is 0 Å². The number of nitrogens with one attached hydrogen (secondary N) is 1. The van der Waals surface area contributed by atoms with E-state index in [-0.39, 0.29) is 11.8 Å². The number of nitrogens with two attached hydrogens (primary N) is 1. The molecule has 0 bridgehead atoms. The minimum atomic E-state index is -0.154. The van der Waals surface area contributed by atoms with Gasteiger partial charge in [-0.15, -0.1) is 0 Å². The lowest BCUT2D eigenvalue weighted by Gasteiger charge is -2.15. The largest absolute Gasteiger partial charge is 0.294 e. The highest BCUT2D eigenvalue weighted by molar-refractivity contribution is 5.96. The Labute approximate surface area is 107 Å². The number of hydrazine groups is 1. The first-order valence-corrected chi connectivity index (χ1v) is 5.90. The van der Waals surface area contributed by atoms with E-state index in [0.717, 1.165) is 5.56 Å². The van der Waals surface area contributed by atoms with Crippen molar-refractivity contribution in [1.82, 2.24) is 5.43 Å². The summed E-state index contributed by atoms with van der Waals surface area (Å²) < 4.78 is 0. The van der Waals surface area contributed by atoms with Gasteiger partial charge in [-0.1, -0.05) is 60.7 Å². The maximum atomic E-state index is 12.1. The number of rotatable bonds is 5. The average Bonchev–Trinajstić information content (AvgIpc) is 2.46. The molecule has 92 valence electrons. The summed E-state index contributed by atoms with van der Waals surface area (Å²) in [5.41, 5.74) is 4.43. The molecule has 2 aromatic carbocycles. The van der Waals surface area contributed by atoms with E-state index in [9.17, 15) is 4.79 Å². The van der Waals surface area contributed by atoms with Gasteiger partial charge in [-0.05, 0) is 5.56 Å². The molecule has 0 amide bonds. The zero-order chi connectivity index (χ0) is 12.8. The van der Waals surface area contributed by atoms with Crippen molar-refractivity contribution in [3.8, 4) is 0 Å². The Morgan fingerprint density at radius 2 is 1.56 bits per heavy atom. The Bertz CT molecular complexity index is 496. The molecule has 0 aliphatic heterocycles.